The van der Waals surface area contributed by atoms with Crippen molar-refractivity contribution >= 4 is 33.1 Å². The van der Waals surface area contributed by atoms with Gasteiger partial charge in [-0.1, -0.05) is 0 Å². The molecule has 4 nitrogen and oxygen atoms in total. The standard InChI is InChI=1S/C13H14F3N3OS/c1-7-3-4-8-9(17)10(21-12(8)19-7)11(20)18-6-2-5-13(14,15)16/h3-4H,2,5-6,17H2,1H3,(H,18,20). The second-order valence-corrected chi connectivity index (χ2v) is 5.62. The number of hydrogen-bond acceptors (Lipinski definition) is 4. The van der Waals surface area contributed by atoms with E-state index in [1.807, 2.05) is 6.92 Å². The molecule has 0 fully saturated rings. The number of nitrogen functional groups attached to an aromatic ring is 1. The van der Waals surface area contributed by atoms with Gasteiger partial charge in [-0.05, 0) is 25.5 Å². The zero-order valence-electron chi connectivity index (χ0n) is 11.3. The lowest BCUT2D eigenvalue weighted by Gasteiger charge is -2.07. The predicted molar refractivity (Wildman–Crippen MR) is 76.4 cm³/mol. The summed E-state index contributed by atoms with van der Waals surface area (Å²) < 4.78 is 36.0. The lowest BCUT2D eigenvalue weighted by molar-refractivity contribution is -0.135. The van der Waals surface area contributed by atoms with Crippen LogP contribution in [0.3, 0.4) is 0 Å². The van der Waals surface area contributed by atoms with E-state index in [9.17, 15) is 18.0 Å². The number of aromatic nitrogens is 1. The van der Waals surface area contributed by atoms with Crippen molar-refractivity contribution in [2.45, 2.75) is 25.9 Å². The molecule has 0 aliphatic carbocycles. The molecule has 2 aromatic rings. The first-order valence-electron chi connectivity index (χ1n) is 6.28. The quantitative estimate of drug-likeness (QED) is 0.851. The van der Waals surface area contributed by atoms with Gasteiger partial charge in [-0.2, -0.15) is 13.2 Å². The Balaban J connectivity index is 2.04. The third kappa shape index (κ3) is 3.84. The third-order valence-corrected chi connectivity index (χ3v) is 3.98. The first-order chi connectivity index (χ1) is 9.78. The molecule has 0 aromatic carbocycles. The summed E-state index contributed by atoms with van der Waals surface area (Å²) in [6.07, 6.45) is -5.28. The Morgan fingerprint density at radius 3 is 2.81 bits per heavy atom. The first-order valence-corrected chi connectivity index (χ1v) is 7.10. The lowest BCUT2D eigenvalue weighted by atomic mass is 10.2. The molecule has 21 heavy (non-hydrogen) atoms. The summed E-state index contributed by atoms with van der Waals surface area (Å²) in [5.74, 6) is -0.463. The highest BCUT2D eigenvalue weighted by Crippen LogP contribution is 2.32. The fourth-order valence-corrected chi connectivity index (χ4v) is 2.89. The van der Waals surface area contributed by atoms with Crippen LogP contribution in [0.2, 0.25) is 0 Å². The maximum atomic E-state index is 12.0. The minimum absolute atomic E-state index is 0.0432. The van der Waals surface area contributed by atoms with Crippen LogP contribution in [0.4, 0.5) is 18.9 Å². The van der Waals surface area contributed by atoms with Crippen LogP contribution < -0.4 is 11.1 Å². The number of carbonyl (C=O) groups is 1. The van der Waals surface area contributed by atoms with Crippen molar-refractivity contribution in [2.24, 2.45) is 0 Å². The van der Waals surface area contributed by atoms with Crippen molar-refractivity contribution in [1.82, 2.24) is 10.3 Å². The van der Waals surface area contributed by atoms with E-state index >= 15 is 0 Å². The Hall–Kier alpha value is -1.83. The van der Waals surface area contributed by atoms with Crippen LogP contribution in [-0.2, 0) is 0 Å². The summed E-state index contributed by atoms with van der Waals surface area (Å²) in [5, 5.41) is 3.14. The largest absolute Gasteiger partial charge is 0.397 e. The van der Waals surface area contributed by atoms with Crippen LogP contribution in [0.1, 0.15) is 28.2 Å². The van der Waals surface area contributed by atoms with Gasteiger partial charge in [0.2, 0.25) is 0 Å². The highest BCUT2D eigenvalue weighted by Gasteiger charge is 2.26. The highest BCUT2D eigenvalue weighted by atomic mass is 32.1. The van der Waals surface area contributed by atoms with Gasteiger partial charge in [-0.25, -0.2) is 4.98 Å². The number of anilines is 1. The normalized spacial score (nSPS) is 11.8. The SMILES string of the molecule is Cc1ccc2c(N)c(C(=O)NCCCC(F)(F)F)sc2n1. The zero-order valence-corrected chi connectivity index (χ0v) is 12.1. The van der Waals surface area contributed by atoms with Crippen LogP contribution in [0, 0.1) is 6.92 Å². The van der Waals surface area contributed by atoms with Gasteiger partial charge in [-0.3, -0.25) is 4.79 Å². The molecule has 2 rings (SSSR count). The summed E-state index contributed by atoms with van der Waals surface area (Å²) in [6.45, 7) is 1.78. The minimum Gasteiger partial charge on any atom is -0.397 e. The van der Waals surface area contributed by atoms with Crippen molar-refractivity contribution in [3.63, 3.8) is 0 Å². The number of nitrogens with zero attached hydrogens (tertiary/aromatic N) is 1. The van der Waals surface area contributed by atoms with E-state index in [-0.39, 0.29) is 17.8 Å². The third-order valence-electron chi connectivity index (χ3n) is 2.86. The van der Waals surface area contributed by atoms with Crippen molar-refractivity contribution in [1.29, 1.82) is 0 Å². The smallest absolute Gasteiger partial charge is 0.389 e. The van der Waals surface area contributed by atoms with Gasteiger partial charge >= 0.3 is 6.18 Å². The maximum absolute atomic E-state index is 12.0. The van der Waals surface area contributed by atoms with Gasteiger partial charge in [0.1, 0.15) is 9.71 Å². The molecule has 2 heterocycles. The average molecular weight is 317 g/mol. The number of halogens is 3. The van der Waals surface area contributed by atoms with E-state index < -0.39 is 18.5 Å². The van der Waals surface area contributed by atoms with Crippen LogP contribution >= 0.6 is 11.3 Å². The summed E-state index contributed by atoms with van der Waals surface area (Å²) in [4.78, 5) is 17.2. The number of hydrogen-bond donors (Lipinski definition) is 2. The Bertz CT molecular complexity index is 666. The molecule has 0 atom stereocenters. The number of rotatable bonds is 4. The molecule has 3 N–H and O–H groups in total. The summed E-state index contributed by atoms with van der Waals surface area (Å²) >= 11 is 1.14. The fraction of sp³-hybridized carbons (Fsp3) is 0.385. The van der Waals surface area contributed by atoms with E-state index in [4.69, 9.17) is 5.73 Å². The topological polar surface area (TPSA) is 68.0 Å². The van der Waals surface area contributed by atoms with Gasteiger partial charge < -0.3 is 11.1 Å². The Labute approximate surface area is 123 Å². The summed E-state index contributed by atoms with van der Waals surface area (Å²) in [7, 11) is 0. The van der Waals surface area contributed by atoms with Crippen molar-refractivity contribution in [3.05, 3.63) is 22.7 Å². The van der Waals surface area contributed by atoms with Crippen molar-refractivity contribution in [2.75, 3.05) is 12.3 Å². The number of fused-ring (bicyclic) bond motifs is 1. The van der Waals surface area contributed by atoms with E-state index in [2.05, 4.69) is 10.3 Å². The molecule has 0 saturated heterocycles. The predicted octanol–water partition coefficient (Wildman–Crippen LogP) is 3.26. The van der Waals surface area contributed by atoms with Crippen molar-refractivity contribution in [3.8, 4) is 0 Å². The second-order valence-electron chi connectivity index (χ2n) is 4.62. The number of aryl methyl sites for hydroxylation is 1. The number of carbonyl (C=O) groups excluding carboxylic acids is 1. The van der Waals surface area contributed by atoms with Crippen LogP contribution in [-0.4, -0.2) is 23.6 Å². The number of thiophene rings is 1. The molecule has 0 bridgehead atoms. The molecule has 0 spiro atoms. The Morgan fingerprint density at radius 2 is 2.14 bits per heavy atom. The average Bonchev–Trinajstić information content (AvgIpc) is 2.70. The Morgan fingerprint density at radius 1 is 1.43 bits per heavy atom. The number of amides is 1. The van der Waals surface area contributed by atoms with E-state index in [0.29, 0.717) is 15.9 Å². The first kappa shape index (κ1) is 15.6. The Kier molecular flexibility index (Phi) is 4.36. The van der Waals surface area contributed by atoms with Crippen LogP contribution in [0.15, 0.2) is 12.1 Å². The summed E-state index contributed by atoms with van der Waals surface area (Å²) in [6, 6.07) is 3.57. The number of nitrogens with one attached hydrogen (secondary N) is 1. The van der Waals surface area contributed by atoms with Gasteiger partial charge in [0.15, 0.2) is 0 Å². The summed E-state index contributed by atoms with van der Waals surface area (Å²) in [5.41, 5.74) is 7.01. The molecule has 1 amide bonds. The molecule has 0 unspecified atom stereocenters. The van der Waals surface area contributed by atoms with Gasteiger partial charge in [0, 0.05) is 24.0 Å². The molecule has 0 saturated carbocycles. The van der Waals surface area contributed by atoms with E-state index in [1.165, 1.54) is 0 Å². The monoisotopic (exact) mass is 317 g/mol. The molecular weight excluding hydrogens is 303 g/mol. The zero-order chi connectivity index (χ0) is 15.6. The molecular formula is C13H14F3N3OS. The second kappa shape index (κ2) is 5.88. The number of pyridine rings is 1. The molecule has 0 aliphatic rings. The van der Waals surface area contributed by atoms with Gasteiger partial charge in [0.25, 0.3) is 5.91 Å². The van der Waals surface area contributed by atoms with Crippen LogP contribution in [0.25, 0.3) is 10.2 Å². The molecule has 0 radical (unpaired) electrons. The van der Waals surface area contributed by atoms with Crippen molar-refractivity contribution < 1.29 is 18.0 Å². The van der Waals surface area contributed by atoms with Gasteiger partial charge in [-0.15, -0.1) is 11.3 Å². The highest BCUT2D eigenvalue weighted by molar-refractivity contribution is 7.21. The number of alkyl halides is 3. The molecule has 0 aliphatic heterocycles. The number of nitrogens with two attached hydrogens (primary N) is 1. The molecule has 114 valence electrons. The van der Waals surface area contributed by atoms with Crippen LogP contribution in [0.5, 0.6) is 0 Å². The fourth-order valence-electron chi connectivity index (χ4n) is 1.83. The van der Waals surface area contributed by atoms with E-state index in [1.54, 1.807) is 12.1 Å². The van der Waals surface area contributed by atoms with Gasteiger partial charge in [0.05, 0.1) is 5.69 Å². The lowest BCUT2D eigenvalue weighted by Crippen LogP contribution is -2.25. The molecule has 2 aromatic heterocycles. The molecule has 8 heteroatoms. The maximum Gasteiger partial charge on any atom is 0.389 e. The van der Waals surface area contributed by atoms with E-state index in [0.717, 1.165) is 17.0 Å². The minimum atomic E-state index is -4.21.